The smallest absolute Gasteiger partial charge is 0.245 e. The van der Waals surface area contributed by atoms with E-state index in [0.29, 0.717) is 18.8 Å². The average Bonchev–Trinajstić information content (AvgIpc) is 3.34. The molecule has 2 fully saturated rings. The molecular weight excluding hydrogens is 989 g/mol. The molecule has 1 aliphatic heterocycles. The van der Waals surface area contributed by atoms with Crippen LogP contribution < -0.4 is 76.1 Å². The van der Waals surface area contributed by atoms with Crippen molar-refractivity contribution in [3.8, 4) is 0 Å². The molecule has 0 aromatic heterocycles. The van der Waals surface area contributed by atoms with Crippen molar-refractivity contribution in [1.82, 2.24) is 53.2 Å². The third-order valence-corrected chi connectivity index (χ3v) is 13.4. The molecule has 1 heterocycles. The largest absolute Gasteiger partial charge is 0.391 e. The maximum atomic E-state index is 14.4. The van der Waals surface area contributed by atoms with E-state index in [2.05, 4.69) is 60.1 Å². The van der Waals surface area contributed by atoms with E-state index in [0.717, 1.165) is 25.7 Å². The highest BCUT2D eigenvalue weighted by atomic mass is 16.3. The molecule has 434 valence electrons. The molecule has 1 saturated heterocycles. The van der Waals surface area contributed by atoms with Gasteiger partial charge in [0.15, 0.2) is 0 Å². The van der Waals surface area contributed by atoms with Crippen LogP contribution in [0.2, 0.25) is 0 Å². The van der Waals surface area contributed by atoms with Crippen molar-refractivity contribution in [2.45, 2.75) is 199 Å². The van der Waals surface area contributed by atoms with E-state index < -0.39 is 139 Å². The van der Waals surface area contributed by atoms with Gasteiger partial charge in [0.2, 0.25) is 59.1 Å². The number of rotatable bonds is 22. The second-order valence-electron chi connectivity index (χ2n) is 21.0. The highest BCUT2D eigenvalue weighted by molar-refractivity contribution is 5.99. The van der Waals surface area contributed by atoms with E-state index in [1.54, 1.807) is 27.7 Å². The SMILES string of the molecule is CCCC1CCC(C(=O)N[C@H](C(=O)N[C@@H](CCN)C(=O)N[C@H]2CCNC(=O)[C@H]([C@@H](C)O)NC(=O)[C@H](CCN)NC(=O)[C@H](CCN)NC(=O)[C@H](CC(C)C)NC(=O)[C@@H](CC(C)C)NC(=O)[C@H](CCN)NC2=O)[C@@H](C)O)CC1. The molecule has 26 nitrogen and oxygen atoms in total. The van der Waals surface area contributed by atoms with Gasteiger partial charge in [-0.2, -0.15) is 0 Å². The van der Waals surface area contributed by atoms with Gasteiger partial charge in [0.25, 0.3) is 0 Å². The lowest BCUT2D eigenvalue weighted by atomic mass is 9.79. The molecule has 0 bridgehead atoms. The average molecular weight is 1080 g/mol. The Kier molecular flexibility index (Phi) is 30.0. The number of aliphatic hydroxyl groups is 2. The van der Waals surface area contributed by atoms with Crippen LogP contribution in [0.4, 0.5) is 0 Å². The van der Waals surface area contributed by atoms with E-state index in [1.807, 2.05) is 0 Å². The Morgan fingerprint density at radius 2 is 1.00 bits per heavy atom. The molecule has 0 spiro atoms. The van der Waals surface area contributed by atoms with Crippen LogP contribution in [0.3, 0.4) is 0 Å². The van der Waals surface area contributed by atoms with E-state index in [9.17, 15) is 58.2 Å². The summed E-state index contributed by atoms with van der Waals surface area (Å²) >= 11 is 0. The van der Waals surface area contributed by atoms with E-state index in [-0.39, 0.29) is 82.5 Å². The predicted molar refractivity (Wildman–Crippen MR) is 282 cm³/mol. The second kappa shape index (κ2) is 34.3. The van der Waals surface area contributed by atoms with Crippen LogP contribution >= 0.6 is 0 Å². The normalized spacial score (nSPS) is 26.7. The number of aliphatic hydroxyl groups excluding tert-OH is 2. The summed E-state index contributed by atoms with van der Waals surface area (Å²) in [6.07, 6.45) is 1.26. The van der Waals surface area contributed by atoms with Crippen molar-refractivity contribution in [2.24, 2.45) is 46.6 Å². The zero-order valence-corrected chi connectivity index (χ0v) is 45.7. The number of carbonyl (C=O) groups excluding carboxylic acids is 10. The minimum atomic E-state index is -1.65. The topological polar surface area (TPSA) is 436 Å². The van der Waals surface area contributed by atoms with Crippen molar-refractivity contribution in [3.63, 3.8) is 0 Å². The van der Waals surface area contributed by atoms with E-state index in [4.69, 9.17) is 22.9 Å². The number of nitrogens with one attached hydrogen (secondary N) is 10. The number of hydrogen-bond donors (Lipinski definition) is 16. The van der Waals surface area contributed by atoms with Gasteiger partial charge in [-0.3, -0.25) is 47.9 Å². The molecule has 0 radical (unpaired) electrons. The van der Waals surface area contributed by atoms with E-state index in [1.165, 1.54) is 13.8 Å². The first-order valence-electron chi connectivity index (χ1n) is 27.1. The van der Waals surface area contributed by atoms with Gasteiger partial charge in [-0.15, -0.1) is 0 Å². The maximum absolute atomic E-state index is 14.4. The molecule has 10 amide bonds. The van der Waals surface area contributed by atoms with Crippen molar-refractivity contribution in [1.29, 1.82) is 0 Å². The first-order valence-corrected chi connectivity index (χ1v) is 27.1. The second-order valence-corrected chi connectivity index (χ2v) is 21.0. The summed E-state index contributed by atoms with van der Waals surface area (Å²) in [5.41, 5.74) is 23.5. The summed E-state index contributed by atoms with van der Waals surface area (Å²) < 4.78 is 0. The standard InChI is InChI=1S/C50H92N14O12/c1-8-9-30-10-12-31(13-11-30)41(67)63-40(29(7)66)50(76)60-34(16-21-53)43(69)59-36-18-23-55-49(75)39(28(6)65)64-46(72)35(17-22-54)57-42(68)32(14-19-51)58-47(73)37(24-26(2)3)62-48(74)38(25-27(4)5)61-44(70)33(15-20-52)56-45(36)71/h26-40,65-66H,8-25,51-54H2,1-7H3,(H,55,75)(H,56,71)(H,57,68)(H,58,73)(H,59,69)(H,60,76)(H,61,70)(H,62,74)(H,63,67)(H,64,72)/t28-,29-,30?,31?,32+,33+,34+,35+,36+,37+,38-,39+,40+/m1/s1. The van der Waals surface area contributed by atoms with Crippen molar-refractivity contribution in [2.75, 3.05) is 32.7 Å². The third kappa shape index (κ3) is 22.6. The Hall–Kier alpha value is -5.54. The van der Waals surface area contributed by atoms with Crippen LogP contribution in [0, 0.1) is 23.7 Å². The monoisotopic (exact) mass is 1080 g/mol. The summed E-state index contributed by atoms with van der Waals surface area (Å²) in [5, 5.41) is 47.2. The first-order chi connectivity index (χ1) is 35.9. The van der Waals surface area contributed by atoms with Crippen LogP contribution in [0.15, 0.2) is 0 Å². The minimum Gasteiger partial charge on any atom is -0.391 e. The summed E-state index contributed by atoms with van der Waals surface area (Å²) in [5.74, 6) is -8.55. The zero-order chi connectivity index (χ0) is 57.2. The van der Waals surface area contributed by atoms with Crippen LogP contribution in [-0.4, -0.2) is 169 Å². The van der Waals surface area contributed by atoms with Gasteiger partial charge in [0.1, 0.15) is 54.4 Å². The number of hydrogen-bond acceptors (Lipinski definition) is 16. The summed E-state index contributed by atoms with van der Waals surface area (Å²) in [6, 6.07) is -12.8. The molecular formula is C50H92N14O12. The van der Waals surface area contributed by atoms with Crippen LogP contribution in [0.5, 0.6) is 0 Å². The lowest BCUT2D eigenvalue weighted by molar-refractivity contribution is -0.137. The summed E-state index contributed by atoms with van der Waals surface area (Å²) in [6.45, 7) is 10.9. The molecule has 1 saturated carbocycles. The Bertz CT molecular complexity index is 1920. The van der Waals surface area contributed by atoms with Gasteiger partial charge in [-0.1, -0.05) is 47.5 Å². The Labute approximate surface area is 447 Å². The Morgan fingerprint density at radius 1 is 0.553 bits per heavy atom. The van der Waals surface area contributed by atoms with E-state index >= 15 is 0 Å². The van der Waals surface area contributed by atoms with Gasteiger partial charge < -0.3 is 86.3 Å². The van der Waals surface area contributed by atoms with Crippen molar-refractivity contribution >= 4 is 59.1 Å². The third-order valence-electron chi connectivity index (χ3n) is 13.4. The predicted octanol–water partition coefficient (Wildman–Crippen LogP) is -4.28. The van der Waals surface area contributed by atoms with Crippen molar-refractivity contribution < 1.29 is 58.2 Å². The lowest BCUT2D eigenvalue weighted by Gasteiger charge is -2.30. The molecule has 2 aliphatic rings. The van der Waals surface area contributed by atoms with Crippen LogP contribution in [0.25, 0.3) is 0 Å². The Balaban J connectivity index is 2.63. The van der Waals surface area contributed by atoms with Crippen LogP contribution in [-0.2, 0) is 47.9 Å². The molecule has 0 aromatic carbocycles. The fourth-order valence-electron chi connectivity index (χ4n) is 9.22. The number of carbonyl (C=O) groups is 10. The molecule has 0 aromatic rings. The first kappa shape index (κ1) is 66.6. The summed E-state index contributed by atoms with van der Waals surface area (Å²) in [4.78, 5) is 139. The van der Waals surface area contributed by atoms with Gasteiger partial charge in [-0.05, 0) is 128 Å². The molecule has 20 N–H and O–H groups in total. The summed E-state index contributed by atoms with van der Waals surface area (Å²) in [7, 11) is 0. The Morgan fingerprint density at radius 3 is 1.42 bits per heavy atom. The number of nitrogens with two attached hydrogens (primary N) is 4. The van der Waals surface area contributed by atoms with Gasteiger partial charge in [0.05, 0.1) is 12.2 Å². The highest BCUT2D eigenvalue weighted by Crippen LogP contribution is 2.31. The maximum Gasteiger partial charge on any atom is 0.245 e. The molecule has 11 atom stereocenters. The minimum absolute atomic E-state index is 0.0689. The fourth-order valence-corrected chi connectivity index (χ4v) is 9.22. The quantitative estimate of drug-likeness (QED) is 0.0488. The zero-order valence-electron chi connectivity index (χ0n) is 45.7. The molecule has 1 aliphatic carbocycles. The van der Waals surface area contributed by atoms with Crippen LogP contribution in [0.1, 0.15) is 132 Å². The van der Waals surface area contributed by atoms with Gasteiger partial charge >= 0.3 is 0 Å². The lowest BCUT2D eigenvalue weighted by Crippen LogP contribution is -2.61. The molecule has 26 heteroatoms. The van der Waals surface area contributed by atoms with Crippen molar-refractivity contribution in [3.05, 3.63) is 0 Å². The molecule has 0 unspecified atom stereocenters. The number of amides is 10. The van der Waals surface area contributed by atoms with Gasteiger partial charge in [0, 0.05) is 12.5 Å². The highest BCUT2D eigenvalue weighted by Gasteiger charge is 2.38. The molecule has 2 rings (SSSR count). The van der Waals surface area contributed by atoms with Gasteiger partial charge in [-0.25, -0.2) is 0 Å². The molecule has 76 heavy (non-hydrogen) atoms. The fraction of sp³-hybridized carbons (Fsp3) is 0.800.